The summed E-state index contributed by atoms with van der Waals surface area (Å²) < 4.78 is 2.87. The Balaban J connectivity index is 2.54. The van der Waals surface area contributed by atoms with Crippen LogP contribution in [0.15, 0.2) is 41.1 Å². The third-order valence-electron chi connectivity index (χ3n) is 2.69. The van der Waals surface area contributed by atoms with Crippen LogP contribution < -0.4 is 0 Å². The second kappa shape index (κ2) is 5.84. The maximum atomic E-state index is 10.7. The molecular weight excluding hydrogens is 308 g/mol. The Hall–Kier alpha value is -1.88. The van der Waals surface area contributed by atoms with Crippen molar-refractivity contribution in [2.45, 2.75) is 13.3 Å². The van der Waals surface area contributed by atoms with Crippen molar-refractivity contribution < 1.29 is 9.90 Å². The van der Waals surface area contributed by atoms with Crippen LogP contribution in [-0.4, -0.2) is 20.6 Å². The molecule has 0 aliphatic heterocycles. The smallest absolute Gasteiger partial charge is 0.328 e. The van der Waals surface area contributed by atoms with E-state index in [0.717, 1.165) is 34.0 Å². The van der Waals surface area contributed by atoms with Gasteiger partial charge in [-0.15, -0.1) is 0 Å². The van der Waals surface area contributed by atoms with Gasteiger partial charge in [-0.1, -0.05) is 22.9 Å². The highest BCUT2D eigenvalue weighted by molar-refractivity contribution is 9.10. The monoisotopic (exact) mass is 320 g/mol. The standard InChI is InChI=1S/C14H13BrN2O2/c1-2-13-16-7-8-17(13)12-5-4-11(15)9-10(12)3-6-14(18)19/h3-9H,2H2,1H3,(H,18,19)/b6-3+. The number of aryl methyl sites for hydroxylation is 1. The fourth-order valence-corrected chi connectivity index (χ4v) is 2.23. The van der Waals surface area contributed by atoms with E-state index in [0.29, 0.717) is 0 Å². The quantitative estimate of drug-likeness (QED) is 0.879. The molecule has 0 bridgehead atoms. The SMILES string of the molecule is CCc1nccn1-c1ccc(Br)cc1/C=C/C(=O)O. The van der Waals surface area contributed by atoms with Crippen molar-refractivity contribution in [1.29, 1.82) is 0 Å². The molecule has 98 valence electrons. The van der Waals surface area contributed by atoms with E-state index in [-0.39, 0.29) is 0 Å². The summed E-state index contributed by atoms with van der Waals surface area (Å²) in [4.78, 5) is 14.9. The fraction of sp³-hybridized carbons (Fsp3) is 0.143. The van der Waals surface area contributed by atoms with Gasteiger partial charge < -0.3 is 9.67 Å². The van der Waals surface area contributed by atoms with E-state index in [4.69, 9.17) is 5.11 Å². The first-order valence-corrected chi connectivity index (χ1v) is 6.64. The molecule has 0 spiro atoms. The Bertz CT molecular complexity index is 632. The zero-order valence-electron chi connectivity index (χ0n) is 10.4. The molecule has 1 heterocycles. The number of aliphatic carboxylic acids is 1. The number of imidazole rings is 1. The third kappa shape index (κ3) is 3.12. The molecule has 1 aromatic carbocycles. The Morgan fingerprint density at radius 3 is 3.00 bits per heavy atom. The van der Waals surface area contributed by atoms with Gasteiger partial charge >= 0.3 is 5.97 Å². The van der Waals surface area contributed by atoms with Crippen molar-refractivity contribution in [3.05, 3.63) is 52.5 Å². The highest BCUT2D eigenvalue weighted by Gasteiger charge is 2.07. The summed E-state index contributed by atoms with van der Waals surface area (Å²) >= 11 is 3.40. The molecule has 0 amide bonds. The molecule has 0 aliphatic carbocycles. The van der Waals surface area contributed by atoms with Crippen molar-refractivity contribution in [1.82, 2.24) is 9.55 Å². The minimum atomic E-state index is -0.965. The van der Waals surface area contributed by atoms with Gasteiger partial charge in [-0.3, -0.25) is 0 Å². The molecule has 0 atom stereocenters. The molecule has 2 aromatic rings. The molecule has 0 fully saturated rings. The molecule has 0 radical (unpaired) electrons. The molecule has 0 aliphatic rings. The lowest BCUT2D eigenvalue weighted by Gasteiger charge is -2.10. The molecule has 1 aromatic heterocycles. The summed E-state index contributed by atoms with van der Waals surface area (Å²) in [5, 5.41) is 8.75. The van der Waals surface area contributed by atoms with Crippen molar-refractivity contribution in [2.75, 3.05) is 0 Å². The first kappa shape index (κ1) is 13.5. The van der Waals surface area contributed by atoms with Gasteiger partial charge in [0, 0.05) is 29.4 Å². The van der Waals surface area contributed by atoms with Crippen LogP contribution in [-0.2, 0) is 11.2 Å². The number of rotatable bonds is 4. The minimum Gasteiger partial charge on any atom is -0.478 e. The van der Waals surface area contributed by atoms with E-state index in [2.05, 4.69) is 20.9 Å². The van der Waals surface area contributed by atoms with Gasteiger partial charge in [0.05, 0.1) is 5.69 Å². The normalized spacial score (nSPS) is 11.1. The van der Waals surface area contributed by atoms with Crippen molar-refractivity contribution >= 4 is 28.0 Å². The Kier molecular flexibility index (Phi) is 4.16. The van der Waals surface area contributed by atoms with Crippen LogP contribution in [0.4, 0.5) is 0 Å². The van der Waals surface area contributed by atoms with E-state index in [9.17, 15) is 4.79 Å². The number of aromatic nitrogens is 2. The van der Waals surface area contributed by atoms with E-state index < -0.39 is 5.97 Å². The number of halogens is 1. The van der Waals surface area contributed by atoms with Gasteiger partial charge in [-0.25, -0.2) is 9.78 Å². The average Bonchev–Trinajstić information content (AvgIpc) is 2.84. The first-order chi connectivity index (χ1) is 9.11. The Labute approximate surface area is 119 Å². The molecule has 4 nitrogen and oxygen atoms in total. The van der Waals surface area contributed by atoms with Crippen LogP contribution in [0.1, 0.15) is 18.3 Å². The largest absolute Gasteiger partial charge is 0.478 e. The maximum absolute atomic E-state index is 10.7. The number of carboxylic acids is 1. The Morgan fingerprint density at radius 1 is 1.53 bits per heavy atom. The van der Waals surface area contributed by atoms with E-state index >= 15 is 0 Å². The number of hydrogen-bond donors (Lipinski definition) is 1. The molecule has 2 rings (SSSR count). The lowest BCUT2D eigenvalue weighted by atomic mass is 10.1. The zero-order valence-corrected chi connectivity index (χ0v) is 12.0. The van der Waals surface area contributed by atoms with Gasteiger partial charge in [0.15, 0.2) is 0 Å². The molecule has 0 saturated heterocycles. The number of hydrogen-bond acceptors (Lipinski definition) is 2. The summed E-state index contributed by atoms with van der Waals surface area (Å²) in [6, 6.07) is 5.74. The van der Waals surface area contributed by atoms with Crippen LogP contribution >= 0.6 is 15.9 Å². The van der Waals surface area contributed by atoms with Crippen LogP contribution in [0, 0.1) is 0 Å². The van der Waals surface area contributed by atoms with Gasteiger partial charge in [0.2, 0.25) is 0 Å². The summed E-state index contributed by atoms with van der Waals surface area (Å²) in [5.41, 5.74) is 1.74. The van der Waals surface area contributed by atoms with Gasteiger partial charge in [-0.05, 0) is 29.8 Å². The number of carbonyl (C=O) groups is 1. The van der Waals surface area contributed by atoms with Crippen LogP contribution in [0.2, 0.25) is 0 Å². The number of carboxylic acid groups (broad SMARTS) is 1. The van der Waals surface area contributed by atoms with Gasteiger partial charge in [-0.2, -0.15) is 0 Å². The van der Waals surface area contributed by atoms with Crippen LogP contribution in [0.5, 0.6) is 0 Å². The summed E-state index contributed by atoms with van der Waals surface area (Å²) in [6.07, 6.45) is 7.15. The van der Waals surface area contributed by atoms with Gasteiger partial charge in [0.25, 0.3) is 0 Å². The van der Waals surface area contributed by atoms with Crippen LogP contribution in [0.3, 0.4) is 0 Å². The second-order valence-electron chi connectivity index (χ2n) is 3.94. The highest BCUT2D eigenvalue weighted by Crippen LogP contribution is 2.22. The molecule has 5 heteroatoms. The summed E-state index contributed by atoms with van der Waals surface area (Å²) in [6.45, 7) is 2.03. The average molecular weight is 321 g/mol. The van der Waals surface area contributed by atoms with E-state index in [1.807, 2.05) is 35.9 Å². The molecule has 19 heavy (non-hydrogen) atoms. The maximum Gasteiger partial charge on any atom is 0.328 e. The van der Waals surface area contributed by atoms with E-state index in [1.165, 1.54) is 0 Å². The second-order valence-corrected chi connectivity index (χ2v) is 4.86. The Morgan fingerprint density at radius 2 is 2.32 bits per heavy atom. The van der Waals surface area contributed by atoms with Gasteiger partial charge in [0.1, 0.15) is 5.82 Å². The lowest BCUT2D eigenvalue weighted by Crippen LogP contribution is -2.01. The third-order valence-corrected chi connectivity index (χ3v) is 3.18. The van der Waals surface area contributed by atoms with E-state index in [1.54, 1.807) is 12.3 Å². The minimum absolute atomic E-state index is 0.811. The summed E-state index contributed by atoms with van der Waals surface area (Å²) in [5.74, 6) is -0.0282. The van der Waals surface area contributed by atoms with Crippen LogP contribution in [0.25, 0.3) is 11.8 Å². The van der Waals surface area contributed by atoms with Crippen molar-refractivity contribution in [3.63, 3.8) is 0 Å². The number of nitrogens with zero attached hydrogens (tertiary/aromatic N) is 2. The molecule has 0 unspecified atom stereocenters. The summed E-state index contributed by atoms with van der Waals surface area (Å²) in [7, 11) is 0. The zero-order chi connectivity index (χ0) is 13.8. The topological polar surface area (TPSA) is 55.1 Å². The van der Waals surface area contributed by atoms with Crippen molar-refractivity contribution in [3.8, 4) is 5.69 Å². The predicted molar refractivity (Wildman–Crippen MR) is 77.3 cm³/mol. The molecule has 0 saturated carbocycles. The first-order valence-electron chi connectivity index (χ1n) is 5.85. The molecular formula is C14H13BrN2O2. The lowest BCUT2D eigenvalue weighted by molar-refractivity contribution is -0.131. The number of benzene rings is 1. The molecule has 1 N–H and O–H groups in total. The van der Waals surface area contributed by atoms with Crippen molar-refractivity contribution in [2.24, 2.45) is 0 Å². The predicted octanol–water partition coefficient (Wildman–Crippen LogP) is 3.30. The fourth-order valence-electron chi connectivity index (χ4n) is 1.85. The highest BCUT2D eigenvalue weighted by atomic mass is 79.9.